The Bertz CT molecular complexity index is 850. The first-order valence-corrected chi connectivity index (χ1v) is 9.71. The van der Waals surface area contributed by atoms with Crippen molar-refractivity contribution in [1.82, 2.24) is 10.1 Å². The Balaban J connectivity index is 1.76. The Hall–Kier alpha value is -2.54. The Morgan fingerprint density at radius 3 is 2.71 bits per heavy atom. The summed E-state index contributed by atoms with van der Waals surface area (Å²) < 4.78 is 11.3. The molecule has 1 aromatic heterocycles. The minimum atomic E-state index is -0.417. The van der Waals surface area contributed by atoms with E-state index in [0.717, 1.165) is 0 Å². The van der Waals surface area contributed by atoms with Crippen LogP contribution in [0.3, 0.4) is 0 Å². The molecule has 2 atom stereocenters. The summed E-state index contributed by atoms with van der Waals surface area (Å²) in [5.41, 5.74) is 6.60. The van der Waals surface area contributed by atoms with Gasteiger partial charge < -0.3 is 19.9 Å². The lowest BCUT2D eigenvalue weighted by Crippen LogP contribution is -2.49. The third-order valence-electron chi connectivity index (χ3n) is 5.00. The van der Waals surface area contributed by atoms with Crippen molar-refractivity contribution >= 4 is 23.4 Å². The van der Waals surface area contributed by atoms with Gasteiger partial charge in [0.2, 0.25) is 5.91 Å². The number of aromatic nitrogens is 1. The standard InChI is InChI=1S/C20H24ClN3O4/c1-3-16-19(12(2)28-23-16)20(26)24-9-8-17(13(11-24)10-18(22)25)27-15-6-4-14(21)5-7-15/h4-7,13,17H,3,8-11H2,1-2H3,(H2,22,25)/t13-,17-/m0/s1. The van der Waals surface area contributed by atoms with E-state index in [0.29, 0.717) is 53.7 Å². The molecule has 0 spiro atoms. The van der Waals surface area contributed by atoms with Gasteiger partial charge in [-0.1, -0.05) is 23.7 Å². The van der Waals surface area contributed by atoms with Crippen molar-refractivity contribution in [1.29, 1.82) is 0 Å². The van der Waals surface area contributed by atoms with Gasteiger partial charge in [0, 0.05) is 36.9 Å². The predicted molar refractivity (Wildman–Crippen MR) is 104 cm³/mol. The fourth-order valence-corrected chi connectivity index (χ4v) is 3.71. The molecule has 0 saturated carbocycles. The molecule has 7 nitrogen and oxygen atoms in total. The summed E-state index contributed by atoms with van der Waals surface area (Å²) in [6.45, 7) is 4.56. The SMILES string of the molecule is CCc1noc(C)c1C(=O)N1CC[C@H](Oc2ccc(Cl)cc2)[C@@H](CC(N)=O)C1. The van der Waals surface area contributed by atoms with Crippen LogP contribution in [-0.4, -0.2) is 41.1 Å². The average Bonchev–Trinajstić information content (AvgIpc) is 3.04. The average molecular weight is 406 g/mol. The molecule has 2 amide bonds. The molecule has 0 aliphatic carbocycles. The van der Waals surface area contributed by atoms with E-state index >= 15 is 0 Å². The van der Waals surface area contributed by atoms with E-state index in [9.17, 15) is 9.59 Å². The maximum absolute atomic E-state index is 13.0. The van der Waals surface area contributed by atoms with E-state index < -0.39 is 5.91 Å². The Kier molecular flexibility index (Phi) is 6.24. The summed E-state index contributed by atoms with van der Waals surface area (Å²) >= 11 is 5.92. The van der Waals surface area contributed by atoms with Gasteiger partial charge in [-0.05, 0) is 37.6 Å². The van der Waals surface area contributed by atoms with Crippen LogP contribution in [0.1, 0.15) is 41.6 Å². The third-order valence-corrected chi connectivity index (χ3v) is 5.25. The highest BCUT2D eigenvalue weighted by Crippen LogP contribution is 2.28. The van der Waals surface area contributed by atoms with Gasteiger partial charge in [-0.15, -0.1) is 0 Å². The van der Waals surface area contributed by atoms with Crippen molar-refractivity contribution in [2.75, 3.05) is 13.1 Å². The maximum atomic E-state index is 13.0. The fourth-order valence-electron chi connectivity index (χ4n) is 3.58. The summed E-state index contributed by atoms with van der Waals surface area (Å²) in [7, 11) is 0. The molecule has 1 aliphatic rings. The van der Waals surface area contributed by atoms with E-state index in [1.54, 1.807) is 36.1 Å². The molecule has 8 heteroatoms. The number of aryl methyl sites for hydroxylation is 2. The van der Waals surface area contributed by atoms with Gasteiger partial charge in [0.15, 0.2) is 0 Å². The van der Waals surface area contributed by atoms with Crippen LogP contribution in [0.5, 0.6) is 5.75 Å². The van der Waals surface area contributed by atoms with E-state index in [2.05, 4.69) is 5.16 Å². The highest BCUT2D eigenvalue weighted by molar-refractivity contribution is 6.30. The van der Waals surface area contributed by atoms with Gasteiger partial charge in [0.25, 0.3) is 5.91 Å². The summed E-state index contributed by atoms with van der Waals surface area (Å²) in [6.07, 6.45) is 1.13. The Morgan fingerprint density at radius 2 is 2.07 bits per heavy atom. The predicted octanol–water partition coefficient (Wildman–Crippen LogP) is 2.98. The van der Waals surface area contributed by atoms with Gasteiger partial charge in [0.1, 0.15) is 23.2 Å². The second-order valence-corrected chi connectivity index (χ2v) is 7.43. The van der Waals surface area contributed by atoms with Gasteiger partial charge in [0.05, 0.1) is 5.69 Å². The van der Waals surface area contributed by atoms with E-state index in [-0.39, 0.29) is 24.3 Å². The zero-order valence-corrected chi connectivity index (χ0v) is 16.7. The second-order valence-electron chi connectivity index (χ2n) is 6.99. The van der Waals surface area contributed by atoms with Crippen LogP contribution in [0.15, 0.2) is 28.8 Å². The number of rotatable bonds is 6. The number of amides is 2. The zero-order valence-electron chi connectivity index (χ0n) is 16.0. The zero-order chi connectivity index (χ0) is 20.3. The van der Waals surface area contributed by atoms with Crippen LogP contribution >= 0.6 is 11.6 Å². The number of hydrogen-bond acceptors (Lipinski definition) is 5. The van der Waals surface area contributed by atoms with Crippen molar-refractivity contribution in [3.63, 3.8) is 0 Å². The first kappa shape index (κ1) is 20.2. The van der Waals surface area contributed by atoms with Crippen molar-refractivity contribution in [2.45, 2.75) is 39.2 Å². The van der Waals surface area contributed by atoms with Crippen LogP contribution in [0, 0.1) is 12.8 Å². The molecule has 2 heterocycles. The number of nitrogens with two attached hydrogens (primary N) is 1. The number of likely N-dealkylation sites (tertiary alicyclic amines) is 1. The maximum Gasteiger partial charge on any atom is 0.259 e. The minimum absolute atomic E-state index is 0.130. The number of hydrogen-bond donors (Lipinski definition) is 1. The van der Waals surface area contributed by atoms with Crippen molar-refractivity contribution < 1.29 is 18.8 Å². The summed E-state index contributed by atoms with van der Waals surface area (Å²) in [5.74, 6) is 0.435. The van der Waals surface area contributed by atoms with Crippen molar-refractivity contribution in [3.05, 3.63) is 46.3 Å². The number of carbonyl (C=O) groups excluding carboxylic acids is 2. The van der Waals surface area contributed by atoms with Crippen molar-refractivity contribution in [3.8, 4) is 5.75 Å². The molecular weight excluding hydrogens is 382 g/mol. The third kappa shape index (κ3) is 4.47. The Labute approximate surface area is 168 Å². The second kappa shape index (κ2) is 8.65. The number of ether oxygens (including phenoxy) is 1. The molecule has 2 N–H and O–H groups in total. The first-order chi connectivity index (χ1) is 13.4. The van der Waals surface area contributed by atoms with Gasteiger partial charge >= 0.3 is 0 Å². The molecule has 28 heavy (non-hydrogen) atoms. The molecule has 0 unspecified atom stereocenters. The highest BCUT2D eigenvalue weighted by Gasteiger charge is 2.36. The number of piperidine rings is 1. The molecule has 0 bridgehead atoms. The molecule has 1 fully saturated rings. The number of nitrogens with zero attached hydrogens (tertiary/aromatic N) is 2. The molecule has 3 rings (SSSR count). The topological polar surface area (TPSA) is 98.7 Å². The van der Waals surface area contributed by atoms with Crippen LogP contribution in [0.25, 0.3) is 0 Å². The van der Waals surface area contributed by atoms with Crippen molar-refractivity contribution in [2.24, 2.45) is 11.7 Å². The number of carbonyl (C=O) groups is 2. The van der Waals surface area contributed by atoms with Crippen LogP contribution < -0.4 is 10.5 Å². The first-order valence-electron chi connectivity index (χ1n) is 9.34. The van der Waals surface area contributed by atoms with Crippen LogP contribution in [-0.2, 0) is 11.2 Å². The monoisotopic (exact) mass is 405 g/mol. The summed E-state index contributed by atoms with van der Waals surface area (Å²) in [5, 5.41) is 4.59. The molecule has 2 aromatic rings. The van der Waals surface area contributed by atoms with Crippen LogP contribution in [0.4, 0.5) is 0 Å². The molecule has 1 saturated heterocycles. The minimum Gasteiger partial charge on any atom is -0.490 e. The summed E-state index contributed by atoms with van der Waals surface area (Å²) in [6, 6.07) is 7.07. The summed E-state index contributed by atoms with van der Waals surface area (Å²) in [4.78, 5) is 26.4. The van der Waals surface area contributed by atoms with Gasteiger partial charge in [-0.3, -0.25) is 9.59 Å². The molecule has 150 valence electrons. The number of halogens is 1. The molecular formula is C20H24ClN3O4. The lowest BCUT2D eigenvalue weighted by molar-refractivity contribution is -0.120. The van der Waals surface area contributed by atoms with E-state index in [1.165, 1.54) is 0 Å². The lowest BCUT2D eigenvalue weighted by Gasteiger charge is -2.38. The lowest BCUT2D eigenvalue weighted by atomic mass is 9.90. The van der Waals surface area contributed by atoms with Gasteiger partial charge in [-0.25, -0.2) is 0 Å². The molecule has 1 aliphatic heterocycles. The van der Waals surface area contributed by atoms with Crippen LogP contribution in [0.2, 0.25) is 5.02 Å². The largest absolute Gasteiger partial charge is 0.490 e. The highest BCUT2D eigenvalue weighted by atomic mass is 35.5. The van der Waals surface area contributed by atoms with Gasteiger partial charge in [-0.2, -0.15) is 0 Å². The van der Waals surface area contributed by atoms with E-state index in [4.69, 9.17) is 26.6 Å². The van der Waals surface area contributed by atoms with E-state index in [1.807, 2.05) is 6.92 Å². The smallest absolute Gasteiger partial charge is 0.259 e. The fraction of sp³-hybridized carbons (Fsp3) is 0.450. The quantitative estimate of drug-likeness (QED) is 0.796. The molecule has 0 radical (unpaired) electrons. The molecule has 1 aromatic carbocycles. The Morgan fingerprint density at radius 1 is 1.36 bits per heavy atom. The normalized spacial score (nSPS) is 19.5. The number of primary amides is 1. The number of benzene rings is 1.